The van der Waals surface area contributed by atoms with Crippen LogP contribution in [0.2, 0.25) is 10.0 Å². The van der Waals surface area contributed by atoms with Gasteiger partial charge in [-0.3, -0.25) is 4.79 Å². The van der Waals surface area contributed by atoms with Crippen LogP contribution >= 0.6 is 23.2 Å². The van der Waals surface area contributed by atoms with Crippen molar-refractivity contribution in [2.24, 2.45) is 5.92 Å². The van der Waals surface area contributed by atoms with Crippen LogP contribution in [0.5, 0.6) is 0 Å². The zero-order valence-electron chi connectivity index (χ0n) is 18.8. The Bertz CT molecular complexity index is 1260. The Morgan fingerprint density at radius 3 is 2.34 bits per heavy atom. The number of fused-ring (bicyclic) bond motifs is 1. The molecule has 1 heterocycles. The van der Waals surface area contributed by atoms with E-state index in [9.17, 15) is 14.4 Å². The molecule has 0 radical (unpaired) electrons. The molecule has 1 aliphatic heterocycles. The Hall–Kier alpha value is -3.33. The highest BCUT2D eigenvalue weighted by molar-refractivity contribution is 6.39. The monoisotopic (exact) mass is 515 g/mol. The molecule has 0 aromatic heterocycles. The van der Waals surface area contributed by atoms with E-state index in [1.165, 1.54) is 0 Å². The van der Waals surface area contributed by atoms with Crippen molar-refractivity contribution < 1.29 is 24.0 Å². The van der Waals surface area contributed by atoms with Crippen molar-refractivity contribution in [1.29, 1.82) is 0 Å². The largest absolute Gasteiger partial charge is 0.378 e. The lowest BCUT2D eigenvalue weighted by atomic mass is 9.97. The minimum absolute atomic E-state index is 0.0570. The predicted octanol–water partition coefficient (Wildman–Crippen LogP) is 5.79. The highest BCUT2D eigenvalue weighted by Gasteiger charge is 2.28. The maximum Gasteiger partial charge on any atom is 0.335 e. The van der Waals surface area contributed by atoms with Crippen LogP contribution in [-0.4, -0.2) is 30.6 Å². The molecule has 35 heavy (non-hydrogen) atoms. The summed E-state index contributed by atoms with van der Waals surface area (Å²) in [5, 5.41) is 7.34. The van der Waals surface area contributed by atoms with E-state index in [2.05, 4.69) is 16.1 Å². The fourth-order valence-corrected chi connectivity index (χ4v) is 4.35. The van der Waals surface area contributed by atoms with Crippen molar-refractivity contribution in [3.63, 3.8) is 0 Å². The molecule has 0 saturated carbocycles. The molecule has 3 amide bonds. The van der Waals surface area contributed by atoms with Crippen LogP contribution in [0.1, 0.15) is 30.1 Å². The molecule has 3 aromatic rings. The number of benzene rings is 3. The number of para-hydroxylation sites is 1. The average Bonchev–Trinajstić information content (AvgIpc) is 2.84. The van der Waals surface area contributed by atoms with Gasteiger partial charge >= 0.3 is 12.0 Å². The van der Waals surface area contributed by atoms with Gasteiger partial charge < -0.3 is 20.2 Å². The Morgan fingerprint density at radius 1 is 0.971 bits per heavy atom. The minimum Gasteiger partial charge on any atom is -0.378 e. The van der Waals surface area contributed by atoms with Gasteiger partial charge in [0, 0.05) is 6.61 Å². The first-order chi connectivity index (χ1) is 16.8. The lowest BCUT2D eigenvalue weighted by Gasteiger charge is -2.25. The van der Waals surface area contributed by atoms with E-state index in [1.807, 2.05) is 31.2 Å². The van der Waals surface area contributed by atoms with Crippen molar-refractivity contribution in [3.05, 3.63) is 70.2 Å². The molecule has 1 saturated heterocycles. The van der Waals surface area contributed by atoms with Gasteiger partial charge in [0.05, 0.1) is 39.0 Å². The van der Waals surface area contributed by atoms with E-state index < -0.39 is 17.9 Å². The smallest absolute Gasteiger partial charge is 0.335 e. The van der Waals surface area contributed by atoms with Crippen LogP contribution < -0.4 is 16.1 Å². The normalized spacial score (nSPS) is 17.5. The molecule has 1 fully saturated rings. The van der Waals surface area contributed by atoms with Gasteiger partial charge in [0.2, 0.25) is 0 Å². The summed E-state index contributed by atoms with van der Waals surface area (Å²) in [6.45, 7) is 2.34. The van der Waals surface area contributed by atoms with E-state index in [4.69, 9.17) is 32.8 Å². The molecule has 10 heteroatoms. The number of anilines is 2. The molecule has 3 aromatic carbocycles. The molecular weight excluding hydrogens is 493 g/mol. The molecule has 1 aliphatic rings. The van der Waals surface area contributed by atoms with Crippen molar-refractivity contribution >= 4 is 63.3 Å². The highest BCUT2D eigenvalue weighted by Crippen LogP contribution is 2.30. The van der Waals surface area contributed by atoms with Gasteiger partial charge in [-0.15, -0.1) is 0 Å². The first kappa shape index (κ1) is 24.8. The number of hydroxylamine groups is 1. The Kier molecular flexibility index (Phi) is 7.75. The lowest BCUT2D eigenvalue weighted by Crippen LogP contribution is -2.35. The molecule has 3 N–H and O–H groups in total. The maximum atomic E-state index is 13.0. The fourth-order valence-electron chi connectivity index (χ4n) is 3.86. The zero-order valence-corrected chi connectivity index (χ0v) is 20.3. The second-order valence-electron chi connectivity index (χ2n) is 8.18. The number of carbonyl (C=O) groups excluding carboxylic acids is 3. The first-order valence-electron chi connectivity index (χ1n) is 11.0. The van der Waals surface area contributed by atoms with E-state index in [1.54, 1.807) is 30.3 Å². The first-order valence-corrected chi connectivity index (χ1v) is 11.7. The average molecular weight is 516 g/mol. The summed E-state index contributed by atoms with van der Waals surface area (Å²) in [6, 6.07) is 14.8. The van der Waals surface area contributed by atoms with Crippen LogP contribution in [0.3, 0.4) is 0 Å². The molecule has 2 unspecified atom stereocenters. The predicted molar refractivity (Wildman–Crippen MR) is 135 cm³/mol. The summed E-state index contributed by atoms with van der Waals surface area (Å²) in [5.74, 6) is -1.58. The Balaban J connectivity index is 1.53. The third kappa shape index (κ3) is 6.03. The van der Waals surface area contributed by atoms with Gasteiger partial charge in [0.1, 0.15) is 0 Å². The van der Waals surface area contributed by atoms with Crippen molar-refractivity contribution in [2.75, 3.05) is 17.2 Å². The number of hydrogen-bond donors (Lipinski definition) is 3. The molecular formula is C25H23Cl2N3O5. The molecule has 0 aliphatic carbocycles. The van der Waals surface area contributed by atoms with Gasteiger partial charge in [-0.2, -0.15) is 5.48 Å². The number of hydrogen-bond acceptors (Lipinski definition) is 5. The summed E-state index contributed by atoms with van der Waals surface area (Å²) in [4.78, 5) is 43.2. The van der Waals surface area contributed by atoms with Gasteiger partial charge in [-0.1, -0.05) is 53.5 Å². The number of ether oxygens (including phenoxy) is 1. The summed E-state index contributed by atoms with van der Waals surface area (Å²) in [6.07, 6.45) is 0.980. The summed E-state index contributed by atoms with van der Waals surface area (Å²) in [7, 11) is 0. The van der Waals surface area contributed by atoms with Crippen molar-refractivity contribution in [3.8, 4) is 0 Å². The van der Waals surface area contributed by atoms with Crippen LogP contribution in [0, 0.1) is 5.92 Å². The second kappa shape index (κ2) is 10.9. The topological polar surface area (TPSA) is 106 Å². The molecule has 2 atom stereocenters. The van der Waals surface area contributed by atoms with E-state index in [0.29, 0.717) is 19.4 Å². The van der Waals surface area contributed by atoms with E-state index in [-0.39, 0.29) is 39.0 Å². The Labute approximate surface area is 211 Å². The number of urea groups is 1. The standard InChI is InChI=1S/C25H23Cl2N3O5/c1-14-11-17(9-10-34-14)24(32)35-30-23(31)18-12-15-5-2-3-6-16(15)13-21(18)28-25(33)29-22-19(26)7-4-8-20(22)27/h2-8,12-14,17H,9-11H2,1H3,(H,30,31)(H2,28,29,33). The quantitative estimate of drug-likeness (QED) is 0.381. The van der Waals surface area contributed by atoms with Crippen LogP contribution in [-0.2, 0) is 14.4 Å². The van der Waals surface area contributed by atoms with Crippen LogP contribution in [0.4, 0.5) is 16.2 Å². The van der Waals surface area contributed by atoms with Crippen molar-refractivity contribution in [1.82, 2.24) is 5.48 Å². The highest BCUT2D eigenvalue weighted by atomic mass is 35.5. The molecule has 8 nitrogen and oxygen atoms in total. The molecule has 0 bridgehead atoms. The van der Waals surface area contributed by atoms with Crippen LogP contribution in [0.15, 0.2) is 54.6 Å². The van der Waals surface area contributed by atoms with Crippen LogP contribution in [0.25, 0.3) is 10.8 Å². The van der Waals surface area contributed by atoms with Gasteiger partial charge in [0.15, 0.2) is 0 Å². The lowest BCUT2D eigenvalue weighted by molar-refractivity contribution is -0.158. The number of amides is 3. The number of carbonyl (C=O) groups is 3. The van der Waals surface area contributed by atoms with Crippen molar-refractivity contribution in [2.45, 2.75) is 25.9 Å². The zero-order chi connectivity index (χ0) is 24.9. The number of nitrogens with one attached hydrogen (secondary N) is 3. The molecule has 4 rings (SSSR count). The van der Waals surface area contributed by atoms with Gasteiger partial charge in [0.25, 0.3) is 5.91 Å². The third-order valence-corrected chi connectivity index (χ3v) is 6.27. The maximum absolute atomic E-state index is 13.0. The summed E-state index contributed by atoms with van der Waals surface area (Å²) in [5.41, 5.74) is 2.76. The molecule has 0 spiro atoms. The minimum atomic E-state index is -0.685. The second-order valence-corrected chi connectivity index (χ2v) is 8.99. The number of rotatable bonds is 4. The third-order valence-electron chi connectivity index (χ3n) is 5.64. The summed E-state index contributed by atoms with van der Waals surface area (Å²) < 4.78 is 5.45. The number of halogens is 2. The Morgan fingerprint density at radius 2 is 1.66 bits per heavy atom. The van der Waals surface area contributed by atoms with E-state index in [0.717, 1.165) is 10.8 Å². The summed E-state index contributed by atoms with van der Waals surface area (Å²) >= 11 is 12.3. The SMILES string of the molecule is CC1CC(C(=O)ONC(=O)c2cc3ccccc3cc2NC(=O)Nc2c(Cl)cccc2Cl)CCO1. The van der Waals surface area contributed by atoms with Gasteiger partial charge in [-0.25, -0.2) is 9.59 Å². The van der Waals surface area contributed by atoms with E-state index >= 15 is 0 Å². The molecule has 182 valence electrons. The van der Waals surface area contributed by atoms with Gasteiger partial charge in [-0.05, 0) is 54.8 Å². The fraction of sp³-hybridized carbons (Fsp3) is 0.240.